The van der Waals surface area contributed by atoms with E-state index < -0.39 is 12.0 Å². The van der Waals surface area contributed by atoms with Crippen molar-refractivity contribution in [2.75, 3.05) is 24.3 Å². The molecule has 3 unspecified atom stereocenters. The number of carbonyl (C=O) groups excluding carboxylic acids is 1. The van der Waals surface area contributed by atoms with E-state index in [1.807, 2.05) is 18.7 Å². The number of thioether (sulfide) groups is 2. The largest absolute Gasteiger partial charge is 0.480 e. The number of amides is 2. The highest BCUT2D eigenvalue weighted by Crippen LogP contribution is 2.31. The summed E-state index contributed by atoms with van der Waals surface area (Å²) in [5.74, 6) is 1.61. The first-order valence-corrected chi connectivity index (χ1v) is 8.20. The van der Waals surface area contributed by atoms with E-state index in [1.165, 1.54) is 16.7 Å². The van der Waals surface area contributed by atoms with Crippen molar-refractivity contribution in [3.8, 4) is 0 Å². The molecule has 0 saturated carbocycles. The molecule has 5 nitrogen and oxygen atoms in total. The van der Waals surface area contributed by atoms with Gasteiger partial charge < -0.3 is 10.0 Å². The fourth-order valence-electron chi connectivity index (χ4n) is 2.29. The van der Waals surface area contributed by atoms with Gasteiger partial charge in [-0.3, -0.25) is 4.90 Å². The molecule has 18 heavy (non-hydrogen) atoms. The molecule has 2 saturated heterocycles. The predicted octanol–water partition coefficient (Wildman–Crippen LogP) is 1.39. The van der Waals surface area contributed by atoms with Crippen LogP contribution in [0, 0.1) is 0 Å². The minimum Gasteiger partial charge on any atom is -0.480 e. The third-order valence-electron chi connectivity index (χ3n) is 3.48. The van der Waals surface area contributed by atoms with Crippen LogP contribution in [0.5, 0.6) is 0 Å². The zero-order valence-corrected chi connectivity index (χ0v) is 12.2. The maximum absolute atomic E-state index is 12.4. The van der Waals surface area contributed by atoms with Crippen LogP contribution in [0.3, 0.4) is 0 Å². The number of hydrogen-bond donors (Lipinski definition) is 1. The summed E-state index contributed by atoms with van der Waals surface area (Å²) in [6, 6.07) is -0.587. The fourth-order valence-corrected chi connectivity index (χ4v) is 4.72. The molecule has 7 heteroatoms. The molecule has 1 N–H and O–H groups in total. The van der Waals surface area contributed by atoms with Crippen molar-refractivity contribution < 1.29 is 14.7 Å². The monoisotopic (exact) mass is 290 g/mol. The van der Waals surface area contributed by atoms with Gasteiger partial charge >= 0.3 is 12.0 Å². The standard InChI is InChI=1S/C11H18N2O3S2/c1-7-13(9(6-18-7)10(14)15)11(16)12(2)8-3-4-17-5-8/h7-9H,3-6H2,1-2H3,(H,14,15). The molecule has 0 aliphatic carbocycles. The van der Waals surface area contributed by atoms with E-state index in [0.717, 1.165) is 17.9 Å². The summed E-state index contributed by atoms with van der Waals surface area (Å²) in [6.45, 7) is 1.89. The molecule has 0 aromatic heterocycles. The number of carbonyl (C=O) groups is 2. The molecule has 102 valence electrons. The lowest BCUT2D eigenvalue weighted by Gasteiger charge is -2.33. The summed E-state index contributed by atoms with van der Waals surface area (Å²) in [5, 5.41) is 9.11. The molecular formula is C11H18N2O3S2. The lowest BCUT2D eigenvalue weighted by Crippen LogP contribution is -2.52. The van der Waals surface area contributed by atoms with Gasteiger partial charge in [0.15, 0.2) is 0 Å². The maximum Gasteiger partial charge on any atom is 0.327 e. The molecule has 0 aromatic carbocycles. The maximum atomic E-state index is 12.4. The Kier molecular flexibility index (Phi) is 4.32. The number of rotatable bonds is 2. The second-order valence-electron chi connectivity index (χ2n) is 4.60. The Morgan fingerprint density at radius 3 is 2.67 bits per heavy atom. The highest BCUT2D eigenvalue weighted by Gasteiger charge is 2.41. The van der Waals surface area contributed by atoms with Gasteiger partial charge in [0, 0.05) is 24.6 Å². The molecule has 2 fully saturated rings. The van der Waals surface area contributed by atoms with Crippen molar-refractivity contribution in [3.05, 3.63) is 0 Å². The van der Waals surface area contributed by atoms with Gasteiger partial charge in [0.05, 0.1) is 5.37 Å². The normalized spacial score (nSPS) is 31.7. The van der Waals surface area contributed by atoms with E-state index in [4.69, 9.17) is 5.11 Å². The Morgan fingerprint density at radius 1 is 1.39 bits per heavy atom. The van der Waals surface area contributed by atoms with E-state index in [-0.39, 0.29) is 17.4 Å². The van der Waals surface area contributed by atoms with Gasteiger partial charge in [-0.2, -0.15) is 11.8 Å². The zero-order valence-electron chi connectivity index (χ0n) is 10.5. The Balaban J connectivity index is 2.08. The third kappa shape index (κ3) is 2.56. The van der Waals surface area contributed by atoms with Crippen LogP contribution in [0.1, 0.15) is 13.3 Å². The summed E-state index contributed by atoms with van der Waals surface area (Å²) < 4.78 is 0. The topological polar surface area (TPSA) is 60.9 Å². The number of urea groups is 1. The lowest BCUT2D eigenvalue weighted by atomic mass is 10.2. The molecule has 2 aliphatic heterocycles. The molecule has 0 aromatic rings. The van der Waals surface area contributed by atoms with Gasteiger partial charge in [0.2, 0.25) is 0 Å². The van der Waals surface area contributed by atoms with Crippen molar-refractivity contribution in [1.29, 1.82) is 0 Å². The van der Waals surface area contributed by atoms with Gasteiger partial charge in [-0.05, 0) is 19.1 Å². The molecular weight excluding hydrogens is 272 g/mol. The number of carboxylic acid groups (broad SMARTS) is 1. The van der Waals surface area contributed by atoms with Gasteiger partial charge in [-0.15, -0.1) is 11.8 Å². The van der Waals surface area contributed by atoms with E-state index in [1.54, 1.807) is 11.9 Å². The highest BCUT2D eigenvalue weighted by molar-refractivity contribution is 8.00. The van der Waals surface area contributed by atoms with E-state index >= 15 is 0 Å². The van der Waals surface area contributed by atoms with Crippen LogP contribution in [0.25, 0.3) is 0 Å². The van der Waals surface area contributed by atoms with Gasteiger partial charge in [0.1, 0.15) is 6.04 Å². The fraction of sp³-hybridized carbons (Fsp3) is 0.818. The number of carboxylic acids is 1. The van der Waals surface area contributed by atoms with E-state index in [9.17, 15) is 9.59 Å². The summed E-state index contributed by atoms with van der Waals surface area (Å²) in [5.41, 5.74) is 0. The Labute approximate surface area is 115 Å². The number of aliphatic carboxylic acids is 1. The quantitative estimate of drug-likeness (QED) is 0.833. The number of nitrogens with zero attached hydrogens (tertiary/aromatic N) is 2. The molecule has 3 atom stereocenters. The second kappa shape index (κ2) is 5.61. The van der Waals surface area contributed by atoms with Crippen LogP contribution in [0.4, 0.5) is 4.79 Å². The molecule has 0 bridgehead atoms. The summed E-state index contributed by atoms with van der Waals surface area (Å²) in [4.78, 5) is 26.8. The second-order valence-corrected chi connectivity index (χ2v) is 7.10. The van der Waals surface area contributed by atoms with Crippen molar-refractivity contribution in [2.45, 2.75) is 30.8 Å². The Morgan fingerprint density at radius 2 is 2.11 bits per heavy atom. The Hall–Kier alpha value is -0.560. The van der Waals surface area contributed by atoms with Crippen molar-refractivity contribution in [2.24, 2.45) is 0 Å². The molecule has 2 heterocycles. The first kappa shape index (κ1) is 13.9. The van der Waals surface area contributed by atoms with Crippen molar-refractivity contribution >= 4 is 35.5 Å². The van der Waals surface area contributed by atoms with Gasteiger partial charge in [0.25, 0.3) is 0 Å². The SMILES string of the molecule is CC1SCC(C(=O)O)N1C(=O)N(C)C1CCSC1. The third-order valence-corrected chi connectivity index (χ3v) is 5.85. The summed E-state index contributed by atoms with van der Waals surface area (Å²) in [7, 11) is 1.79. The molecule has 2 rings (SSSR count). The minimum atomic E-state index is -0.908. The van der Waals surface area contributed by atoms with E-state index in [0.29, 0.717) is 5.75 Å². The van der Waals surface area contributed by atoms with Crippen LogP contribution in [-0.4, -0.2) is 68.7 Å². The average molecular weight is 290 g/mol. The first-order valence-electron chi connectivity index (χ1n) is 5.99. The van der Waals surface area contributed by atoms with Crippen molar-refractivity contribution in [3.63, 3.8) is 0 Å². The average Bonchev–Trinajstić information content (AvgIpc) is 2.95. The predicted molar refractivity (Wildman–Crippen MR) is 74.1 cm³/mol. The van der Waals surface area contributed by atoms with Gasteiger partial charge in [-0.25, -0.2) is 9.59 Å². The Bertz CT molecular complexity index is 347. The molecule has 2 aliphatic rings. The smallest absolute Gasteiger partial charge is 0.327 e. The number of hydrogen-bond acceptors (Lipinski definition) is 4. The zero-order chi connectivity index (χ0) is 13.3. The molecule has 2 amide bonds. The summed E-state index contributed by atoms with van der Waals surface area (Å²) >= 11 is 3.37. The van der Waals surface area contributed by atoms with Crippen LogP contribution in [0.15, 0.2) is 0 Å². The minimum absolute atomic E-state index is 0.0601. The lowest BCUT2D eigenvalue weighted by molar-refractivity contribution is -0.141. The molecule has 0 radical (unpaired) electrons. The van der Waals surface area contributed by atoms with Crippen LogP contribution < -0.4 is 0 Å². The summed E-state index contributed by atoms with van der Waals surface area (Å²) in [6.07, 6.45) is 1.00. The highest BCUT2D eigenvalue weighted by atomic mass is 32.2. The van der Waals surface area contributed by atoms with Gasteiger partial charge in [-0.1, -0.05) is 0 Å². The van der Waals surface area contributed by atoms with Crippen LogP contribution in [-0.2, 0) is 4.79 Å². The van der Waals surface area contributed by atoms with Crippen LogP contribution in [0.2, 0.25) is 0 Å². The van der Waals surface area contributed by atoms with E-state index in [2.05, 4.69) is 0 Å². The van der Waals surface area contributed by atoms with Crippen LogP contribution >= 0.6 is 23.5 Å². The first-order chi connectivity index (χ1) is 8.52. The molecule has 0 spiro atoms. The van der Waals surface area contributed by atoms with Crippen molar-refractivity contribution in [1.82, 2.24) is 9.80 Å².